The van der Waals surface area contributed by atoms with Gasteiger partial charge in [0.05, 0.1) is 45.9 Å². The summed E-state index contributed by atoms with van der Waals surface area (Å²) in [6.45, 7) is 0. The van der Waals surface area contributed by atoms with Crippen molar-refractivity contribution in [2.45, 2.75) is 11.8 Å². The molecule has 262 valence electrons. The molecule has 1 aromatic heterocycles. The molecule has 57 heavy (non-hydrogen) atoms. The van der Waals surface area contributed by atoms with E-state index in [9.17, 15) is 15.8 Å². The third-order valence-corrected chi connectivity index (χ3v) is 12.0. The van der Waals surface area contributed by atoms with Crippen LogP contribution in [0.3, 0.4) is 0 Å². The third kappa shape index (κ3) is 4.77. The number of nitrogens with zero attached hydrogens (tertiary/aromatic N) is 4. The van der Waals surface area contributed by atoms with Crippen LogP contribution in [-0.4, -0.2) is 4.57 Å². The molecular weight excluding hydrogens is 693 g/mol. The summed E-state index contributed by atoms with van der Waals surface area (Å²) in [4.78, 5) is 0. The molecule has 0 atom stereocenters. The van der Waals surface area contributed by atoms with E-state index in [1.54, 1.807) is 0 Å². The molecule has 4 nitrogen and oxygen atoms in total. The zero-order valence-corrected chi connectivity index (χ0v) is 30.6. The lowest BCUT2D eigenvalue weighted by Crippen LogP contribution is -2.29. The Hall–Kier alpha value is -7.97. The maximum Gasteiger partial charge on any atom is 0.0998 e. The number of nitriles is 3. The van der Waals surface area contributed by atoms with Gasteiger partial charge in [0, 0.05) is 28.3 Å². The zero-order valence-electron chi connectivity index (χ0n) is 30.6. The van der Waals surface area contributed by atoms with Crippen LogP contribution in [-0.2, 0) is 0 Å². The van der Waals surface area contributed by atoms with Gasteiger partial charge in [-0.2, -0.15) is 15.8 Å². The fourth-order valence-corrected chi connectivity index (χ4v) is 9.68. The number of rotatable bonds is 4. The van der Waals surface area contributed by atoms with E-state index >= 15 is 0 Å². The molecule has 0 saturated heterocycles. The lowest BCUT2D eigenvalue weighted by Gasteiger charge is -2.44. The van der Waals surface area contributed by atoms with E-state index in [2.05, 4.69) is 144 Å². The summed E-state index contributed by atoms with van der Waals surface area (Å²) in [6, 6.07) is 66.1. The minimum absolute atomic E-state index is 0.218. The van der Waals surface area contributed by atoms with Crippen LogP contribution in [0, 0.1) is 34.0 Å². The summed E-state index contributed by atoms with van der Waals surface area (Å²) in [5, 5.41) is 34.0. The van der Waals surface area contributed by atoms with Gasteiger partial charge in [0.15, 0.2) is 0 Å². The minimum atomic E-state index is -0.278. The molecule has 8 aromatic carbocycles. The molecule has 0 radical (unpaired) electrons. The number of para-hydroxylation sites is 2. The molecule has 0 saturated carbocycles. The molecule has 0 N–H and O–H groups in total. The minimum Gasteiger partial charge on any atom is -0.309 e. The number of aromatic nitrogens is 1. The first-order valence-corrected chi connectivity index (χ1v) is 19.1. The maximum atomic E-state index is 10.6. The van der Waals surface area contributed by atoms with Crippen molar-refractivity contribution < 1.29 is 0 Å². The quantitative estimate of drug-likeness (QED) is 0.181. The first-order chi connectivity index (χ1) is 28.1. The summed E-state index contributed by atoms with van der Waals surface area (Å²) in [5.74, 6) is -0.496. The van der Waals surface area contributed by atoms with Crippen molar-refractivity contribution >= 4 is 21.8 Å². The van der Waals surface area contributed by atoms with E-state index in [1.807, 2.05) is 48.5 Å². The highest BCUT2D eigenvalue weighted by atomic mass is 15.0. The highest BCUT2D eigenvalue weighted by molar-refractivity contribution is 6.10. The van der Waals surface area contributed by atoms with Gasteiger partial charge >= 0.3 is 0 Å². The molecule has 4 heteroatoms. The molecule has 12 rings (SSSR count). The van der Waals surface area contributed by atoms with Crippen LogP contribution in [0.25, 0.3) is 60.9 Å². The highest BCUT2D eigenvalue weighted by Crippen LogP contribution is 2.60. The molecule has 0 aliphatic heterocycles. The third-order valence-electron chi connectivity index (χ3n) is 12.0. The van der Waals surface area contributed by atoms with Gasteiger partial charge < -0.3 is 4.57 Å². The van der Waals surface area contributed by atoms with Crippen molar-refractivity contribution in [3.8, 4) is 57.3 Å². The Labute approximate surface area is 330 Å². The Kier molecular flexibility index (Phi) is 7.14. The van der Waals surface area contributed by atoms with Crippen molar-refractivity contribution in [2.75, 3.05) is 0 Å². The average molecular weight is 723 g/mol. The van der Waals surface area contributed by atoms with Crippen molar-refractivity contribution in [3.05, 3.63) is 220 Å². The van der Waals surface area contributed by atoms with E-state index in [0.717, 1.165) is 94.3 Å². The van der Waals surface area contributed by atoms with Crippen LogP contribution in [0.5, 0.6) is 0 Å². The van der Waals surface area contributed by atoms with Crippen LogP contribution in [0.1, 0.15) is 61.9 Å². The summed E-state index contributed by atoms with van der Waals surface area (Å²) in [7, 11) is 0. The molecule has 2 bridgehead atoms. The van der Waals surface area contributed by atoms with Crippen molar-refractivity contribution in [2.24, 2.45) is 0 Å². The van der Waals surface area contributed by atoms with Crippen LogP contribution in [0.15, 0.2) is 170 Å². The standard InChI is InChI=1S/C53H30N4/c54-29-32-22-42(35-20-21-50-43(24-35)39-18-10-11-19-49(39)57(50)38-16-8-3-9-17-38)52-48(23-32)51-44-25-36(30-55)40(33-12-4-1-5-13-33)27-46(44)53(52)47-28-41(34-14-6-2-7-15-34)37(31-56)26-45(47)51/h1-28,51,53H. The molecule has 0 amide bonds. The van der Waals surface area contributed by atoms with Gasteiger partial charge in [-0.05, 0) is 133 Å². The molecule has 9 aromatic rings. The lowest BCUT2D eigenvalue weighted by molar-refractivity contribution is 0.755. The van der Waals surface area contributed by atoms with E-state index in [1.165, 1.54) is 0 Å². The fourth-order valence-electron chi connectivity index (χ4n) is 9.68. The topological polar surface area (TPSA) is 76.3 Å². The Morgan fingerprint density at radius 3 is 1.53 bits per heavy atom. The molecule has 1 heterocycles. The smallest absolute Gasteiger partial charge is 0.0998 e. The molecule has 0 spiro atoms. The van der Waals surface area contributed by atoms with Gasteiger partial charge in [0.25, 0.3) is 0 Å². The molecule has 3 aliphatic rings. The van der Waals surface area contributed by atoms with E-state index < -0.39 is 0 Å². The second-order valence-electron chi connectivity index (χ2n) is 14.9. The number of benzene rings is 8. The van der Waals surface area contributed by atoms with Crippen molar-refractivity contribution in [1.29, 1.82) is 15.8 Å². The SMILES string of the molecule is N#Cc1cc(-c2ccc3c(c2)c2ccccc2n3-c2ccccc2)c2c(c1)C1c3cc(C#N)c(-c4ccccc4)cc3C2c2cc(-c3ccccc3)c(C#N)cc21. The fraction of sp³-hybridized carbons (Fsp3) is 0.0377. The van der Waals surface area contributed by atoms with Crippen LogP contribution >= 0.6 is 0 Å². The number of hydrogen-bond acceptors (Lipinski definition) is 3. The average Bonchev–Trinajstić information content (AvgIpc) is 3.62. The Morgan fingerprint density at radius 2 is 0.930 bits per heavy atom. The van der Waals surface area contributed by atoms with Crippen LogP contribution in [0.4, 0.5) is 0 Å². The van der Waals surface area contributed by atoms with Crippen LogP contribution in [0.2, 0.25) is 0 Å². The maximum absolute atomic E-state index is 10.6. The molecule has 3 aliphatic carbocycles. The van der Waals surface area contributed by atoms with Gasteiger partial charge in [-0.1, -0.05) is 103 Å². The summed E-state index contributed by atoms with van der Waals surface area (Å²) in [5.41, 5.74) is 17.6. The van der Waals surface area contributed by atoms with Crippen LogP contribution < -0.4 is 0 Å². The molecule has 0 fully saturated rings. The van der Waals surface area contributed by atoms with Crippen molar-refractivity contribution in [1.82, 2.24) is 4.57 Å². The van der Waals surface area contributed by atoms with Gasteiger partial charge in [0.2, 0.25) is 0 Å². The normalized spacial score (nSPS) is 14.6. The van der Waals surface area contributed by atoms with E-state index in [-0.39, 0.29) is 11.8 Å². The van der Waals surface area contributed by atoms with E-state index in [0.29, 0.717) is 16.7 Å². The number of hydrogen-bond donors (Lipinski definition) is 0. The number of fused-ring (bicyclic) bond motifs is 3. The van der Waals surface area contributed by atoms with Crippen molar-refractivity contribution in [3.63, 3.8) is 0 Å². The van der Waals surface area contributed by atoms with E-state index in [4.69, 9.17) is 0 Å². The molecule has 0 unspecified atom stereocenters. The zero-order chi connectivity index (χ0) is 38.2. The second-order valence-corrected chi connectivity index (χ2v) is 14.9. The second kappa shape index (κ2) is 12.5. The Bertz CT molecular complexity index is 3160. The first-order valence-electron chi connectivity index (χ1n) is 19.1. The largest absolute Gasteiger partial charge is 0.309 e. The molecular formula is C53H30N4. The van der Waals surface area contributed by atoms with Gasteiger partial charge in [-0.25, -0.2) is 0 Å². The Morgan fingerprint density at radius 1 is 0.386 bits per heavy atom. The highest BCUT2D eigenvalue weighted by Gasteiger charge is 2.44. The van der Waals surface area contributed by atoms with Gasteiger partial charge in [-0.15, -0.1) is 0 Å². The van der Waals surface area contributed by atoms with Gasteiger partial charge in [0.1, 0.15) is 0 Å². The van der Waals surface area contributed by atoms with Gasteiger partial charge in [-0.3, -0.25) is 0 Å². The first kappa shape index (κ1) is 32.5. The monoisotopic (exact) mass is 722 g/mol. The summed E-state index contributed by atoms with van der Waals surface area (Å²) < 4.78 is 2.32. The Balaban J connectivity index is 1.21. The summed E-state index contributed by atoms with van der Waals surface area (Å²) in [6.07, 6.45) is 0. The summed E-state index contributed by atoms with van der Waals surface area (Å²) >= 11 is 0. The predicted molar refractivity (Wildman–Crippen MR) is 226 cm³/mol. The lowest BCUT2D eigenvalue weighted by atomic mass is 9.58. The predicted octanol–water partition coefficient (Wildman–Crippen LogP) is 12.4.